The minimum Gasteiger partial charge on any atom is -0.481 e. The Hall–Kier alpha value is -0.810. The van der Waals surface area contributed by atoms with E-state index in [1.807, 2.05) is 0 Å². The van der Waals surface area contributed by atoms with Crippen LogP contribution < -0.4 is 0 Å². The lowest BCUT2D eigenvalue weighted by molar-refractivity contribution is -0.137. The highest BCUT2D eigenvalue weighted by Gasteiger charge is 2.32. The predicted octanol–water partition coefficient (Wildman–Crippen LogP) is -1.42. The Bertz CT molecular complexity index is 278. The lowest BCUT2D eigenvalue weighted by Gasteiger charge is -2.31. The molecule has 0 aliphatic carbocycles. The third-order valence-corrected chi connectivity index (χ3v) is 3.82. The second-order valence-corrected chi connectivity index (χ2v) is 6.29. The highest BCUT2D eigenvalue weighted by atomic mass is 16.5. The average molecular weight is 370 g/mol. The van der Waals surface area contributed by atoms with Crippen LogP contribution in [0.15, 0.2) is 0 Å². The molecule has 0 fully saturated rings. The Morgan fingerprint density at radius 3 is 1.36 bits per heavy atom. The molecule has 0 saturated heterocycles. The van der Waals surface area contributed by atoms with Crippen LogP contribution in [0.4, 0.5) is 0 Å². The van der Waals surface area contributed by atoms with Crippen molar-refractivity contribution >= 4 is 5.97 Å². The van der Waals surface area contributed by atoms with E-state index in [1.54, 1.807) is 0 Å². The van der Waals surface area contributed by atoms with Gasteiger partial charge in [0, 0.05) is 6.42 Å². The summed E-state index contributed by atoms with van der Waals surface area (Å²) in [6.07, 6.45) is 3.28. The summed E-state index contributed by atoms with van der Waals surface area (Å²) in [6.45, 7) is -0.948. The van der Waals surface area contributed by atoms with Gasteiger partial charge in [0.2, 0.25) is 0 Å². The fourth-order valence-corrected chi connectivity index (χ4v) is 1.58. The van der Waals surface area contributed by atoms with Crippen molar-refractivity contribution in [2.45, 2.75) is 32.6 Å². The van der Waals surface area contributed by atoms with Crippen molar-refractivity contribution in [1.82, 2.24) is 0 Å². The number of aliphatic hydroxyl groups is 6. The van der Waals surface area contributed by atoms with Gasteiger partial charge in [-0.25, -0.2) is 0 Å². The quantitative estimate of drug-likeness (QED) is 0.181. The van der Waals surface area contributed by atoms with Crippen LogP contribution in [0.3, 0.4) is 0 Å². The van der Waals surface area contributed by atoms with Crippen molar-refractivity contribution in [1.29, 1.82) is 0 Å². The molecule has 9 nitrogen and oxygen atoms in total. The molecule has 0 aliphatic rings. The molecule has 0 rings (SSSR count). The average Bonchev–Trinajstić information content (AvgIpc) is 2.64. The number of carboxylic acids is 1. The SMILES string of the molecule is CCCCCC(=O)O.OCC(CO)(CO)COCC(CO)(CO)CO. The minimum absolute atomic E-state index is 0.141. The number of aliphatic carboxylic acids is 1. The summed E-state index contributed by atoms with van der Waals surface area (Å²) in [5, 5.41) is 62.3. The van der Waals surface area contributed by atoms with E-state index in [2.05, 4.69) is 6.92 Å². The molecule has 0 atom stereocenters. The first-order chi connectivity index (χ1) is 11.8. The molecule has 0 unspecified atom stereocenters. The van der Waals surface area contributed by atoms with Gasteiger partial charge in [0.1, 0.15) is 0 Å². The summed E-state index contributed by atoms with van der Waals surface area (Å²) in [7, 11) is 0. The molecule has 0 aliphatic heterocycles. The standard InChI is InChI=1S/C10H22O7.C6H12O2/c11-1-9(2-12,3-13)7-17-8-10(4-14,5-15)6-16;1-2-3-4-5-6(7)8/h11-16H,1-8H2;2-5H2,1H3,(H,7,8). The molecule has 9 heteroatoms. The summed E-state index contributed by atoms with van der Waals surface area (Å²) >= 11 is 0. The number of unbranched alkanes of at least 4 members (excludes halogenated alkanes) is 2. The number of carbonyl (C=O) groups is 1. The summed E-state index contributed by atoms with van der Waals surface area (Å²) < 4.78 is 5.15. The van der Waals surface area contributed by atoms with Crippen molar-refractivity contribution in [3.63, 3.8) is 0 Å². The highest BCUT2D eigenvalue weighted by Crippen LogP contribution is 2.19. The first-order valence-electron chi connectivity index (χ1n) is 8.29. The third kappa shape index (κ3) is 11.4. The minimum atomic E-state index is -1.16. The topological polar surface area (TPSA) is 168 Å². The van der Waals surface area contributed by atoms with Gasteiger partial charge in [-0.15, -0.1) is 0 Å². The maximum Gasteiger partial charge on any atom is 0.303 e. The Kier molecular flexibility index (Phi) is 16.3. The Balaban J connectivity index is 0. The molecule has 0 heterocycles. The zero-order valence-electron chi connectivity index (χ0n) is 14.9. The van der Waals surface area contributed by atoms with E-state index in [0.717, 1.165) is 19.3 Å². The number of hydrogen-bond acceptors (Lipinski definition) is 8. The number of rotatable bonds is 14. The van der Waals surface area contributed by atoms with Crippen LogP contribution in [0.25, 0.3) is 0 Å². The van der Waals surface area contributed by atoms with Crippen LogP contribution in [0, 0.1) is 10.8 Å². The molecule has 0 aromatic rings. The summed E-state index contributed by atoms with van der Waals surface area (Å²) in [5.41, 5.74) is -2.32. The number of hydrogen-bond donors (Lipinski definition) is 7. The zero-order valence-corrected chi connectivity index (χ0v) is 14.9. The largest absolute Gasteiger partial charge is 0.481 e. The molecule has 25 heavy (non-hydrogen) atoms. The molecular weight excluding hydrogens is 336 g/mol. The lowest BCUT2D eigenvalue weighted by atomic mass is 9.91. The molecular formula is C16H34O9. The molecule has 0 saturated carbocycles. The van der Waals surface area contributed by atoms with Gasteiger partial charge in [0.15, 0.2) is 0 Å². The van der Waals surface area contributed by atoms with E-state index < -0.39 is 56.4 Å². The van der Waals surface area contributed by atoms with E-state index in [0.29, 0.717) is 6.42 Å². The van der Waals surface area contributed by atoms with Crippen molar-refractivity contribution in [2.24, 2.45) is 10.8 Å². The van der Waals surface area contributed by atoms with Crippen molar-refractivity contribution in [3.8, 4) is 0 Å². The van der Waals surface area contributed by atoms with Gasteiger partial charge in [0.05, 0.1) is 63.7 Å². The van der Waals surface area contributed by atoms with E-state index in [4.69, 9.17) is 40.5 Å². The number of ether oxygens (including phenoxy) is 1. The van der Waals surface area contributed by atoms with Crippen LogP contribution in [0.5, 0.6) is 0 Å². The van der Waals surface area contributed by atoms with Crippen LogP contribution in [0.2, 0.25) is 0 Å². The van der Waals surface area contributed by atoms with Crippen LogP contribution in [-0.4, -0.2) is 94.6 Å². The van der Waals surface area contributed by atoms with E-state index in [1.165, 1.54) is 0 Å². The number of carboxylic acid groups (broad SMARTS) is 1. The van der Waals surface area contributed by atoms with E-state index in [9.17, 15) is 4.79 Å². The van der Waals surface area contributed by atoms with Gasteiger partial charge < -0.3 is 40.5 Å². The molecule has 152 valence electrons. The van der Waals surface area contributed by atoms with Gasteiger partial charge in [-0.3, -0.25) is 4.79 Å². The summed E-state index contributed by atoms with van der Waals surface area (Å²) in [4.78, 5) is 9.87. The smallest absolute Gasteiger partial charge is 0.303 e. The molecule has 0 bridgehead atoms. The maximum atomic E-state index is 9.87. The van der Waals surface area contributed by atoms with Gasteiger partial charge >= 0.3 is 5.97 Å². The predicted molar refractivity (Wildman–Crippen MR) is 90.0 cm³/mol. The van der Waals surface area contributed by atoms with E-state index >= 15 is 0 Å². The Labute approximate surface area is 148 Å². The van der Waals surface area contributed by atoms with Gasteiger partial charge in [-0.1, -0.05) is 19.8 Å². The van der Waals surface area contributed by atoms with Gasteiger partial charge in [0.25, 0.3) is 0 Å². The molecule has 0 aromatic heterocycles. The molecule has 7 N–H and O–H groups in total. The van der Waals surface area contributed by atoms with Crippen molar-refractivity contribution in [2.75, 3.05) is 52.9 Å². The zero-order chi connectivity index (χ0) is 19.8. The summed E-state index contributed by atoms with van der Waals surface area (Å²) in [5.74, 6) is -0.682. The van der Waals surface area contributed by atoms with Gasteiger partial charge in [-0.2, -0.15) is 0 Å². The first-order valence-corrected chi connectivity index (χ1v) is 8.29. The molecule has 0 amide bonds. The monoisotopic (exact) mass is 370 g/mol. The van der Waals surface area contributed by atoms with Crippen molar-refractivity contribution in [3.05, 3.63) is 0 Å². The fourth-order valence-electron chi connectivity index (χ4n) is 1.58. The second-order valence-electron chi connectivity index (χ2n) is 6.29. The van der Waals surface area contributed by atoms with Crippen molar-refractivity contribution < 1.29 is 45.3 Å². The molecule has 0 spiro atoms. The fraction of sp³-hybridized carbons (Fsp3) is 0.938. The van der Waals surface area contributed by atoms with Gasteiger partial charge in [-0.05, 0) is 6.42 Å². The Morgan fingerprint density at radius 1 is 0.760 bits per heavy atom. The van der Waals surface area contributed by atoms with Crippen LogP contribution in [0.1, 0.15) is 32.6 Å². The maximum absolute atomic E-state index is 9.87. The normalized spacial score (nSPS) is 11.8. The first kappa shape index (κ1) is 26.4. The third-order valence-electron chi connectivity index (χ3n) is 3.82. The molecule has 0 aromatic carbocycles. The Morgan fingerprint density at radius 2 is 1.12 bits per heavy atom. The highest BCUT2D eigenvalue weighted by molar-refractivity contribution is 5.66. The second kappa shape index (κ2) is 15.4. The van der Waals surface area contributed by atoms with E-state index in [-0.39, 0.29) is 13.2 Å². The van der Waals surface area contributed by atoms with Crippen LogP contribution >= 0.6 is 0 Å². The summed E-state index contributed by atoms with van der Waals surface area (Å²) in [6, 6.07) is 0. The van der Waals surface area contributed by atoms with Crippen LogP contribution in [-0.2, 0) is 9.53 Å². The number of aliphatic hydroxyl groups excluding tert-OH is 6. The lowest BCUT2D eigenvalue weighted by Crippen LogP contribution is -2.43. The molecule has 0 radical (unpaired) electrons.